The second-order valence-corrected chi connectivity index (χ2v) is 4.30. The zero-order valence-electron chi connectivity index (χ0n) is 8.25. The highest BCUT2D eigenvalue weighted by molar-refractivity contribution is 5.36. The van der Waals surface area contributed by atoms with E-state index in [4.69, 9.17) is 0 Å². The van der Waals surface area contributed by atoms with Gasteiger partial charge in [-0.3, -0.25) is 0 Å². The molecule has 1 aromatic rings. The van der Waals surface area contributed by atoms with E-state index in [1.165, 1.54) is 5.56 Å². The van der Waals surface area contributed by atoms with E-state index in [1.807, 2.05) is 19.1 Å². The molecule has 0 saturated carbocycles. The zero-order valence-corrected chi connectivity index (χ0v) is 8.25. The first-order valence-electron chi connectivity index (χ1n) is 4.93. The number of rotatable bonds is 0. The summed E-state index contributed by atoms with van der Waals surface area (Å²) in [6.07, 6.45) is 1.97. The molecule has 0 heterocycles. The van der Waals surface area contributed by atoms with E-state index in [2.05, 4.69) is 19.1 Å². The minimum Gasteiger partial charge on any atom is -0.385 e. The summed E-state index contributed by atoms with van der Waals surface area (Å²) in [7, 11) is 0. The summed E-state index contributed by atoms with van der Waals surface area (Å²) in [6, 6.07) is 8.24. The Morgan fingerprint density at radius 1 is 1.38 bits per heavy atom. The van der Waals surface area contributed by atoms with Crippen molar-refractivity contribution in [2.45, 2.75) is 38.2 Å². The van der Waals surface area contributed by atoms with Gasteiger partial charge in [-0.25, -0.2) is 0 Å². The van der Waals surface area contributed by atoms with Gasteiger partial charge < -0.3 is 5.11 Å². The maximum absolute atomic E-state index is 10.1. The molecule has 2 rings (SSSR count). The maximum Gasteiger partial charge on any atom is 0.0871 e. The quantitative estimate of drug-likeness (QED) is 0.644. The average molecular weight is 176 g/mol. The average Bonchev–Trinajstić information content (AvgIpc) is 2.13. The van der Waals surface area contributed by atoms with Crippen molar-refractivity contribution in [3.63, 3.8) is 0 Å². The minimum absolute atomic E-state index is 0.594. The van der Waals surface area contributed by atoms with E-state index in [-0.39, 0.29) is 0 Å². The van der Waals surface area contributed by atoms with Crippen LogP contribution in [0.5, 0.6) is 0 Å². The smallest absolute Gasteiger partial charge is 0.0871 e. The first-order chi connectivity index (χ1) is 6.11. The Bertz CT molecular complexity index is 315. The van der Waals surface area contributed by atoms with Crippen LogP contribution in [0.3, 0.4) is 0 Å². The lowest BCUT2D eigenvalue weighted by atomic mass is 9.75. The van der Waals surface area contributed by atoms with Gasteiger partial charge in [0, 0.05) is 0 Å². The Morgan fingerprint density at radius 3 is 2.77 bits per heavy atom. The van der Waals surface area contributed by atoms with Gasteiger partial charge in [0.25, 0.3) is 0 Å². The summed E-state index contributed by atoms with van der Waals surface area (Å²) < 4.78 is 0. The Balaban J connectivity index is 2.55. The van der Waals surface area contributed by atoms with Crippen molar-refractivity contribution >= 4 is 0 Å². The molecule has 0 spiro atoms. The van der Waals surface area contributed by atoms with Crippen LogP contribution in [0.1, 0.15) is 43.7 Å². The molecule has 0 aliphatic heterocycles. The van der Waals surface area contributed by atoms with Crippen LogP contribution in [0, 0.1) is 0 Å². The van der Waals surface area contributed by atoms with Gasteiger partial charge in [-0.05, 0) is 36.8 Å². The van der Waals surface area contributed by atoms with Gasteiger partial charge in [0.1, 0.15) is 0 Å². The SMILES string of the molecule is C[C@H]1CC[C@](C)(O)c2ccccc21. The minimum atomic E-state index is -0.608. The molecule has 1 aliphatic rings. The van der Waals surface area contributed by atoms with E-state index in [0.717, 1.165) is 18.4 Å². The van der Waals surface area contributed by atoms with E-state index in [0.29, 0.717) is 5.92 Å². The molecule has 1 N–H and O–H groups in total. The molecule has 0 saturated heterocycles. The molecule has 2 atom stereocenters. The lowest BCUT2D eigenvalue weighted by Crippen LogP contribution is -2.28. The van der Waals surface area contributed by atoms with Crippen LogP contribution in [-0.4, -0.2) is 5.11 Å². The van der Waals surface area contributed by atoms with Gasteiger partial charge in [0.05, 0.1) is 5.60 Å². The van der Waals surface area contributed by atoms with Crippen LogP contribution in [0.15, 0.2) is 24.3 Å². The molecule has 0 aromatic heterocycles. The molecule has 0 fully saturated rings. The standard InChI is InChI=1S/C12H16O/c1-9-7-8-12(2,13)11-6-4-3-5-10(9)11/h3-6,9,13H,7-8H2,1-2H3/t9-,12-/m0/s1. The molecular formula is C12H16O. The number of aliphatic hydroxyl groups is 1. The molecule has 70 valence electrons. The number of benzene rings is 1. The second-order valence-electron chi connectivity index (χ2n) is 4.30. The molecule has 0 radical (unpaired) electrons. The van der Waals surface area contributed by atoms with Gasteiger partial charge in [0.15, 0.2) is 0 Å². The Hall–Kier alpha value is -0.820. The number of fused-ring (bicyclic) bond motifs is 1. The molecule has 1 nitrogen and oxygen atoms in total. The zero-order chi connectivity index (χ0) is 9.47. The third kappa shape index (κ3) is 1.37. The third-order valence-corrected chi connectivity index (χ3v) is 3.14. The highest BCUT2D eigenvalue weighted by atomic mass is 16.3. The largest absolute Gasteiger partial charge is 0.385 e. The summed E-state index contributed by atoms with van der Waals surface area (Å²) in [6.45, 7) is 4.14. The highest BCUT2D eigenvalue weighted by Crippen LogP contribution is 2.40. The summed E-state index contributed by atoms with van der Waals surface area (Å²) in [5, 5.41) is 10.1. The van der Waals surface area contributed by atoms with Gasteiger partial charge in [-0.15, -0.1) is 0 Å². The molecule has 1 heteroatoms. The van der Waals surface area contributed by atoms with Crippen LogP contribution < -0.4 is 0 Å². The third-order valence-electron chi connectivity index (χ3n) is 3.14. The van der Waals surface area contributed by atoms with Crippen molar-refractivity contribution in [1.82, 2.24) is 0 Å². The van der Waals surface area contributed by atoms with Crippen molar-refractivity contribution in [1.29, 1.82) is 0 Å². The normalized spacial score (nSPS) is 32.7. The molecule has 0 unspecified atom stereocenters. The van der Waals surface area contributed by atoms with E-state index < -0.39 is 5.60 Å². The lowest BCUT2D eigenvalue weighted by molar-refractivity contribution is 0.0353. The highest BCUT2D eigenvalue weighted by Gasteiger charge is 2.31. The molecule has 13 heavy (non-hydrogen) atoms. The fraction of sp³-hybridized carbons (Fsp3) is 0.500. The maximum atomic E-state index is 10.1. The molecule has 0 amide bonds. The molecule has 1 aromatic carbocycles. The predicted octanol–water partition coefficient (Wildman–Crippen LogP) is 2.79. The van der Waals surface area contributed by atoms with Crippen molar-refractivity contribution in [2.75, 3.05) is 0 Å². The van der Waals surface area contributed by atoms with Crippen molar-refractivity contribution in [2.24, 2.45) is 0 Å². The predicted molar refractivity (Wildman–Crippen MR) is 53.7 cm³/mol. The van der Waals surface area contributed by atoms with E-state index in [9.17, 15) is 5.11 Å². The van der Waals surface area contributed by atoms with Crippen LogP contribution in [0.4, 0.5) is 0 Å². The van der Waals surface area contributed by atoms with Crippen LogP contribution >= 0.6 is 0 Å². The van der Waals surface area contributed by atoms with Gasteiger partial charge in [-0.2, -0.15) is 0 Å². The topological polar surface area (TPSA) is 20.2 Å². The fourth-order valence-electron chi connectivity index (χ4n) is 2.20. The van der Waals surface area contributed by atoms with Crippen molar-refractivity contribution in [3.8, 4) is 0 Å². The Morgan fingerprint density at radius 2 is 2.08 bits per heavy atom. The lowest BCUT2D eigenvalue weighted by Gasteiger charge is -2.34. The second kappa shape index (κ2) is 2.85. The van der Waals surface area contributed by atoms with Gasteiger partial charge >= 0.3 is 0 Å². The summed E-state index contributed by atoms with van der Waals surface area (Å²) in [4.78, 5) is 0. The molecular weight excluding hydrogens is 160 g/mol. The first-order valence-corrected chi connectivity index (χ1v) is 4.93. The van der Waals surface area contributed by atoms with Gasteiger partial charge in [0.2, 0.25) is 0 Å². The van der Waals surface area contributed by atoms with E-state index >= 15 is 0 Å². The number of hydrogen-bond acceptors (Lipinski definition) is 1. The van der Waals surface area contributed by atoms with Crippen LogP contribution in [-0.2, 0) is 5.60 Å². The number of hydrogen-bond donors (Lipinski definition) is 1. The van der Waals surface area contributed by atoms with Crippen molar-refractivity contribution < 1.29 is 5.11 Å². The monoisotopic (exact) mass is 176 g/mol. The Labute approximate surface area is 79.4 Å². The molecule has 0 bridgehead atoms. The van der Waals surface area contributed by atoms with Crippen LogP contribution in [0.25, 0.3) is 0 Å². The van der Waals surface area contributed by atoms with Crippen LogP contribution in [0.2, 0.25) is 0 Å². The fourth-order valence-corrected chi connectivity index (χ4v) is 2.20. The van der Waals surface area contributed by atoms with Crippen molar-refractivity contribution in [3.05, 3.63) is 35.4 Å². The Kier molecular flexibility index (Phi) is 1.92. The summed E-state index contributed by atoms with van der Waals surface area (Å²) in [5.41, 5.74) is 1.83. The molecule has 1 aliphatic carbocycles. The summed E-state index contributed by atoms with van der Waals surface area (Å²) in [5.74, 6) is 0.594. The van der Waals surface area contributed by atoms with Gasteiger partial charge in [-0.1, -0.05) is 31.2 Å². The van der Waals surface area contributed by atoms with E-state index in [1.54, 1.807) is 0 Å². The first kappa shape index (κ1) is 8.76. The summed E-state index contributed by atoms with van der Waals surface area (Å²) >= 11 is 0.